The minimum Gasteiger partial charge on any atom is -0.364 e. The summed E-state index contributed by atoms with van der Waals surface area (Å²) < 4.78 is 0. The predicted molar refractivity (Wildman–Crippen MR) is 70.6 cm³/mol. The number of aromatic amines is 1. The van der Waals surface area contributed by atoms with Crippen molar-refractivity contribution >= 4 is 0 Å². The Balaban J connectivity index is 1.97. The van der Waals surface area contributed by atoms with Crippen LogP contribution in [-0.4, -0.2) is 4.98 Å². The molecule has 0 amide bonds. The predicted octanol–water partition coefficient (Wildman–Crippen LogP) is 3.44. The molecule has 0 saturated carbocycles. The Hall–Kier alpha value is -1.80. The smallest absolute Gasteiger partial charge is 0.0683 e. The Morgan fingerprint density at radius 1 is 1.18 bits per heavy atom. The van der Waals surface area contributed by atoms with Crippen molar-refractivity contribution in [2.75, 3.05) is 0 Å². The van der Waals surface area contributed by atoms with Crippen molar-refractivity contribution in [3.05, 3.63) is 72.6 Å². The molecule has 0 bridgehead atoms. The maximum atomic E-state index is 4.72. The number of aromatic nitrogens is 1. The van der Waals surface area contributed by atoms with Gasteiger partial charge in [-0.3, -0.25) is 0 Å². The normalized spacial score (nSPS) is 12.2. The van der Waals surface area contributed by atoms with Gasteiger partial charge in [0.15, 0.2) is 0 Å². The van der Waals surface area contributed by atoms with Gasteiger partial charge < -0.3 is 4.98 Å². The summed E-state index contributed by atoms with van der Waals surface area (Å²) in [5.41, 5.74) is 2.40. The molecule has 87 valence electrons. The highest BCUT2D eigenvalue weighted by Gasteiger charge is 2.10. The van der Waals surface area contributed by atoms with E-state index in [2.05, 4.69) is 29.8 Å². The van der Waals surface area contributed by atoms with Crippen LogP contribution in [0.1, 0.15) is 23.7 Å². The molecule has 17 heavy (non-hydrogen) atoms. The highest BCUT2D eigenvalue weighted by atomic mass is 14.9. The van der Waals surface area contributed by atoms with Crippen molar-refractivity contribution in [2.45, 2.75) is 19.0 Å². The van der Waals surface area contributed by atoms with Crippen LogP contribution >= 0.6 is 0 Å². The molecule has 1 atom stereocenters. The first-order chi connectivity index (χ1) is 8.40. The van der Waals surface area contributed by atoms with E-state index >= 15 is 0 Å². The van der Waals surface area contributed by atoms with Crippen LogP contribution in [0.3, 0.4) is 0 Å². The van der Waals surface area contributed by atoms with E-state index in [1.54, 1.807) is 0 Å². The molecule has 1 aromatic carbocycles. The van der Waals surface area contributed by atoms with Gasteiger partial charge in [0.2, 0.25) is 0 Å². The SMILES string of the molecule is C=CCC([N]Cc1ccccc1)c1ccc[nH]1. The molecule has 0 spiro atoms. The first-order valence-electron chi connectivity index (χ1n) is 5.85. The van der Waals surface area contributed by atoms with E-state index < -0.39 is 0 Å². The van der Waals surface area contributed by atoms with Crippen LogP contribution in [0.4, 0.5) is 0 Å². The van der Waals surface area contributed by atoms with Crippen LogP contribution < -0.4 is 5.32 Å². The highest BCUT2D eigenvalue weighted by molar-refractivity contribution is 5.16. The van der Waals surface area contributed by atoms with Gasteiger partial charge in [-0.25, -0.2) is 5.32 Å². The van der Waals surface area contributed by atoms with Crippen LogP contribution in [0.2, 0.25) is 0 Å². The zero-order chi connectivity index (χ0) is 11.9. The van der Waals surface area contributed by atoms with E-state index in [1.807, 2.05) is 36.5 Å². The third-order valence-electron chi connectivity index (χ3n) is 2.71. The zero-order valence-electron chi connectivity index (χ0n) is 9.84. The van der Waals surface area contributed by atoms with Crippen LogP contribution in [0, 0.1) is 0 Å². The summed E-state index contributed by atoms with van der Waals surface area (Å²) >= 11 is 0. The molecule has 0 aliphatic heterocycles. The van der Waals surface area contributed by atoms with Crippen molar-refractivity contribution in [3.63, 3.8) is 0 Å². The molecule has 2 heteroatoms. The maximum absolute atomic E-state index is 4.72. The Morgan fingerprint density at radius 2 is 2.00 bits per heavy atom. The van der Waals surface area contributed by atoms with Gasteiger partial charge in [0.05, 0.1) is 6.04 Å². The molecule has 2 aromatic rings. The summed E-state index contributed by atoms with van der Waals surface area (Å²) in [6, 6.07) is 14.6. The van der Waals surface area contributed by atoms with Gasteiger partial charge in [-0.05, 0) is 24.1 Å². The highest BCUT2D eigenvalue weighted by Crippen LogP contribution is 2.17. The fourth-order valence-electron chi connectivity index (χ4n) is 1.81. The molecule has 0 fully saturated rings. The summed E-state index contributed by atoms with van der Waals surface area (Å²) in [7, 11) is 0. The molecule has 1 unspecified atom stereocenters. The standard InChI is InChI=1S/C15H17N2/c1-2-7-14(15-10-6-11-16-15)17-12-13-8-4-3-5-9-13/h2-6,8-11,14,16H,1,7,12H2. The van der Waals surface area contributed by atoms with Gasteiger partial charge in [0.1, 0.15) is 0 Å². The van der Waals surface area contributed by atoms with E-state index in [4.69, 9.17) is 5.32 Å². The lowest BCUT2D eigenvalue weighted by atomic mass is 10.1. The first kappa shape index (κ1) is 11.7. The topological polar surface area (TPSA) is 29.9 Å². The Bertz CT molecular complexity index is 431. The molecule has 0 saturated heterocycles. The lowest BCUT2D eigenvalue weighted by Crippen LogP contribution is -2.13. The third kappa shape index (κ3) is 3.33. The van der Waals surface area contributed by atoms with Gasteiger partial charge in [-0.2, -0.15) is 0 Å². The van der Waals surface area contributed by atoms with Gasteiger partial charge in [-0.1, -0.05) is 36.4 Å². The number of benzene rings is 1. The summed E-state index contributed by atoms with van der Waals surface area (Å²) in [5.74, 6) is 0. The van der Waals surface area contributed by atoms with Gasteiger partial charge in [0.25, 0.3) is 0 Å². The largest absolute Gasteiger partial charge is 0.364 e. The summed E-state index contributed by atoms with van der Waals surface area (Å²) in [5, 5.41) is 4.72. The Morgan fingerprint density at radius 3 is 2.65 bits per heavy atom. The molecule has 1 aromatic heterocycles. The number of rotatable bonds is 6. The maximum Gasteiger partial charge on any atom is 0.0683 e. The third-order valence-corrected chi connectivity index (χ3v) is 2.71. The zero-order valence-corrected chi connectivity index (χ0v) is 9.84. The molecule has 1 heterocycles. The molecular weight excluding hydrogens is 208 g/mol. The van der Waals surface area contributed by atoms with E-state index in [-0.39, 0.29) is 6.04 Å². The van der Waals surface area contributed by atoms with Crippen LogP contribution in [0.5, 0.6) is 0 Å². The quantitative estimate of drug-likeness (QED) is 0.730. The molecule has 2 rings (SSSR count). The van der Waals surface area contributed by atoms with Crippen molar-refractivity contribution in [1.82, 2.24) is 10.3 Å². The number of hydrogen-bond donors (Lipinski definition) is 1. The van der Waals surface area contributed by atoms with E-state index in [0.29, 0.717) is 0 Å². The number of nitrogens with one attached hydrogen (secondary N) is 1. The fourth-order valence-corrected chi connectivity index (χ4v) is 1.81. The van der Waals surface area contributed by atoms with Gasteiger partial charge >= 0.3 is 0 Å². The summed E-state index contributed by atoms with van der Waals surface area (Å²) in [4.78, 5) is 3.22. The van der Waals surface area contributed by atoms with E-state index in [0.717, 1.165) is 18.7 Å². The van der Waals surface area contributed by atoms with Crippen molar-refractivity contribution < 1.29 is 0 Å². The van der Waals surface area contributed by atoms with E-state index in [9.17, 15) is 0 Å². The second kappa shape index (κ2) is 6.06. The Kier molecular flexibility index (Phi) is 4.17. The minimum atomic E-state index is 0.183. The van der Waals surface area contributed by atoms with E-state index in [1.165, 1.54) is 5.56 Å². The lowest BCUT2D eigenvalue weighted by Gasteiger charge is -2.13. The monoisotopic (exact) mass is 225 g/mol. The first-order valence-corrected chi connectivity index (χ1v) is 5.85. The number of H-pyrrole nitrogens is 1. The molecule has 0 aliphatic carbocycles. The van der Waals surface area contributed by atoms with Crippen molar-refractivity contribution in [3.8, 4) is 0 Å². The number of hydrogen-bond acceptors (Lipinski definition) is 0. The summed E-state index contributed by atoms with van der Waals surface area (Å²) in [6.45, 7) is 4.54. The number of nitrogens with zero attached hydrogens (tertiary/aromatic N) is 1. The van der Waals surface area contributed by atoms with Crippen LogP contribution in [-0.2, 0) is 6.54 Å². The minimum absolute atomic E-state index is 0.183. The summed E-state index contributed by atoms with van der Waals surface area (Å²) in [6.07, 6.45) is 4.72. The van der Waals surface area contributed by atoms with Gasteiger partial charge in [-0.15, -0.1) is 6.58 Å². The second-order valence-electron chi connectivity index (χ2n) is 3.99. The van der Waals surface area contributed by atoms with Crippen molar-refractivity contribution in [1.29, 1.82) is 0 Å². The molecule has 1 radical (unpaired) electrons. The van der Waals surface area contributed by atoms with Gasteiger partial charge in [0, 0.05) is 18.4 Å². The molecule has 2 nitrogen and oxygen atoms in total. The van der Waals surface area contributed by atoms with Crippen LogP contribution in [0.15, 0.2) is 61.3 Å². The average molecular weight is 225 g/mol. The lowest BCUT2D eigenvalue weighted by molar-refractivity contribution is 0.516. The Labute approximate surface area is 102 Å². The second-order valence-corrected chi connectivity index (χ2v) is 3.99. The van der Waals surface area contributed by atoms with Crippen molar-refractivity contribution in [2.24, 2.45) is 0 Å². The molecule has 0 aliphatic rings. The average Bonchev–Trinajstić information content (AvgIpc) is 2.89. The van der Waals surface area contributed by atoms with Crippen LogP contribution in [0.25, 0.3) is 0 Å². The fraction of sp³-hybridized carbons (Fsp3) is 0.200. The molecule has 1 N–H and O–H groups in total. The molecular formula is C15H17N2.